The third kappa shape index (κ3) is 1.92. The van der Waals surface area contributed by atoms with Gasteiger partial charge in [0.15, 0.2) is 0 Å². The molecule has 110 valence electrons. The summed E-state index contributed by atoms with van der Waals surface area (Å²) in [5, 5.41) is 19.5. The highest BCUT2D eigenvalue weighted by molar-refractivity contribution is 5.45. The van der Waals surface area contributed by atoms with Gasteiger partial charge in [-0.15, -0.1) is 0 Å². The number of benzene rings is 2. The van der Waals surface area contributed by atoms with E-state index in [4.69, 9.17) is 4.74 Å². The molecule has 2 atom stereocenters. The quantitative estimate of drug-likeness (QED) is 0.833. The van der Waals surface area contributed by atoms with E-state index in [0.29, 0.717) is 0 Å². The van der Waals surface area contributed by atoms with Crippen LogP contribution in [0.3, 0.4) is 0 Å². The normalized spacial score (nSPS) is 27.5. The summed E-state index contributed by atoms with van der Waals surface area (Å²) in [7, 11) is 0. The molecule has 1 saturated heterocycles. The Morgan fingerprint density at radius 2 is 1.24 bits per heavy atom. The molecule has 2 aromatic rings. The molecule has 3 heteroatoms. The Morgan fingerprint density at radius 1 is 0.810 bits per heavy atom. The third-order valence-electron chi connectivity index (χ3n) is 4.58. The third-order valence-corrected chi connectivity index (χ3v) is 4.58. The maximum absolute atomic E-state index is 9.76. The first-order valence-electron chi connectivity index (χ1n) is 7.37. The van der Waals surface area contributed by atoms with Gasteiger partial charge in [0.05, 0.1) is 0 Å². The lowest BCUT2D eigenvalue weighted by atomic mass is 9.78. The summed E-state index contributed by atoms with van der Waals surface area (Å²) in [6.07, 6.45) is 1.61. The fraction of sp³-hybridized carbons (Fsp3) is 0.333. The molecule has 1 aliphatic heterocycles. The molecule has 0 bridgehead atoms. The number of phenolic OH excluding ortho intramolecular Hbond substituents is 2. The molecule has 3 rings (SSSR count). The molecule has 2 aromatic carbocycles. The predicted molar refractivity (Wildman–Crippen MR) is 81.2 cm³/mol. The number of aromatic hydroxyl groups is 2. The minimum absolute atomic E-state index is 0.247. The van der Waals surface area contributed by atoms with Crippen molar-refractivity contribution in [3.63, 3.8) is 0 Å². The van der Waals surface area contributed by atoms with Crippen LogP contribution < -0.4 is 0 Å². The molecule has 3 nitrogen and oxygen atoms in total. The Morgan fingerprint density at radius 3 is 1.57 bits per heavy atom. The highest BCUT2D eigenvalue weighted by atomic mass is 16.6. The van der Waals surface area contributed by atoms with Crippen molar-refractivity contribution in [3.05, 3.63) is 59.7 Å². The second-order valence-electron chi connectivity index (χ2n) is 5.56. The van der Waals surface area contributed by atoms with E-state index >= 15 is 0 Å². The zero-order valence-corrected chi connectivity index (χ0v) is 12.3. The molecule has 0 aromatic heterocycles. The van der Waals surface area contributed by atoms with Crippen LogP contribution in [0.1, 0.15) is 37.8 Å². The van der Waals surface area contributed by atoms with E-state index < -0.39 is 11.2 Å². The van der Waals surface area contributed by atoms with Gasteiger partial charge in [-0.25, -0.2) is 0 Å². The molecular formula is C18H20O3. The molecule has 0 spiro atoms. The summed E-state index contributed by atoms with van der Waals surface area (Å²) < 4.78 is 6.25. The second kappa shape index (κ2) is 4.78. The van der Waals surface area contributed by atoms with Crippen LogP contribution in [0, 0.1) is 0 Å². The van der Waals surface area contributed by atoms with Crippen molar-refractivity contribution in [2.24, 2.45) is 0 Å². The SMILES string of the molecule is CC[C@]1(c2cccc(O)c2)O[C@]1(CC)c1cccc(O)c1. The smallest absolute Gasteiger partial charge is 0.127 e. The number of rotatable bonds is 4. The lowest BCUT2D eigenvalue weighted by Crippen LogP contribution is -2.21. The van der Waals surface area contributed by atoms with Crippen molar-refractivity contribution in [3.8, 4) is 11.5 Å². The Bertz CT molecular complexity index is 610. The van der Waals surface area contributed by atoms with Crippen molar-refractivity contribution in [2.45, 2.75) is 37.9 Å². The van der Waals surface area contributed by atoms with Gasteiger partial charge in [0, 0.05) is 0 Å². The number of epoxide rings is 1. The fourth-order valence-electron chi connectivity index (χ4n) is 3.49. The summed E-state index contributed by atoms with van der Waals surface area (Å²) in [6, 6.07) is 14.5. The number of phenols is 2. The zero-order valence-electron chi connectivity index (χ0n) is 12.3. The maximum Gasteiger partial charge on any atom is 0.127 e. The molecule has 1 heterocycles. The zero-order chi connectivity index (χ0) is 15.1. The van der Waals surface area contributed by atoms with Crippen LogP contribution in [-0.2, 0) is 15.9 Å². The summed E-state index contributed by atoms with van der Waals surface area (Å²) in [4.78, 5) is 0. The van der Waals surface area contributed by atoms with Crippen LogP contribution in [-0.4, -0.2) is 10.2 Å². The Kier molecular flexibility index (Phi) is 3.18. The van der Waals surface area contributed by atoms with E-state index in [1.165, 1.54) is 0 Å². The van der Waals surface area contributed by atoms with Gasteiger partial charge < -0.3 is 14.9 Å². The Hall–Kier alpha value is -2.00. The van der Waals surface area contributed by atoms with Crippen molar-refractivity contribution in [1.29, 1.82) is 0 Å². The van der Waals surface area contributed by atoms with E-state index in [2.05, 4.69) is 13.8 Å². The number of hydrogen-bond acceptors (Lipinski definition) is 3. The average Bonchev–Trinajstić information content (AvgIpc) is 3.18. The summed E-state index contributed by atoms with van der Waals surface area (Å²) in [5.74, 6) is 0.494. The second-order valence-corrected chi connectivity index (χ2v) is 5.56. The molecule has 0 unspecified atom stereocenters. The van der Waals surface area contributed by atoms with Gasteiger partial charge >= 0.3 is 0 Å². The highest BCUT2D eigenvalue weighted by Gasteiger charge is 2.69. The van der Waals surface area contributed by atoms with Gasteiger partial charge in [0.25, 0.3) is 0 Å². The molecule has 21 heavy (non-hydrogen) atoms. The monoisotopic (exact) mass is 284 g/mol. The van der Waals surface area contributed by atoms with E-state index in [0.717, 1.165) is 24.0 Å². The minimum atomic E-state index is -0.436. The number of ether oxygens (including phenoxy) is 1. The van der Waals surface area contributed by atoms with E-state index in [9.17, 15) is 10.2 Å². The largest absolute Gasteiger partial charge is 0.508 e. The molecular weight excluding hydrogens is 264 g/mol. The van der Waals surface area contributed by atoms with Gasteiger partial charge in [-0.3, -0.25) is 0 Å². The molecule has 1 fully saturated rings. The fourth-order valence-corrected chi connectivity index (χ4v) is 3.49. The van der Waals surface area contributed by atoms with Gasteiger partial charge in [0.2, 0.25) is 0 Å². The van der Waals surface area contributed by atoms with Gasteiger partial charge in [-0.2, -0.15) is 0 Å². The van der Waals surface area contributed by atoms with E-state index in [1.54, 1.807) is 24.3 Å². The summed E-state index contributed by atoms with van der Waals surface area (Å²) in [6.45, 7) is 4.18. The van der Waals surface area contributed by atoms with Crippen molar-refractivity contribution < 1.29 is 14.9 Å². The molecule has 1 aliphatic rings. The van der Waals surface area contributed by atoms with E-state index in [-0.39, 0.29) is 11.5 Å². The van der Waals surface area contributed by atoms with Crippen LogP contribution in [0.25, 0.3) is 0 Å². The number of hydrogen-bond donors (Lipinski definition) is 2. The molecule has 0 aliphatic carbocycles. The molecule has 2 N–H and O–H groups in total. The van der Waals surface area contributed by atoms with Gasteiger partial charge in [0.1, 0.15) is 22.7 Å². The summed E-state index contributed by atoms with van der Waals surface area (Å²) in [5.41, 5.74) is 1.09. The topological polar surface area (TPSA) is 53.0 Å². The van der Waals surface area contributed by atoms with Crippen LogP contribution in [0.15, 0.2) is 48.5 Å². The molecule has 0 amide bonds. The van der Waals surface area contributed by atoms with Crippen LogP contribution in [0.4, 0.5) is 0 Å². The predicted octanol–water partition coefficient (Wildman–Crippen LogP) is 4.04. The van der Waals surface area contributed by atoms with Crippen LogP contribution >= 0.6 is 0 Å². The maximum atomic E-state index is 9.76. The first kappa shape index (κ1) is 14.0. The van der Waals surface area contributed by atoms with Crippen molar-refractivity contribution >= 4 is 0 Å². The summed E-state index contributed by atoms with van der Waals surface area (Å²) >= 11 is 0. The van der Waals surface area contributed by atoms with Crippen molar-refractivity contribution in [2.75, 3.05) is 0 Å². The average molecular weight is 284 g/mol. The lowest BCUT2D eigenvalue weighted by Gasteiger charge is -2.19. The molecule has 0 saturated carbocycles. The van der Waals surface area contributed by atoms with Crippen molar-refractivity contribution in [1.82, 2.24) is 0 Å². The Labute approximate surface area is 124 Å². The first-order valence-corrected chi connectivity index (χ1v) is 7.37. The first-order chi connectivity index (χ1) is 10.1. The van der Waals surface area contributed by atoms with E-state index in [1.807, 2.05) is 24.3 Å². The van der Waals surface area contributed by atoms with Crippen LogP contribution in [0.2, 0.25) is 0 Å². The van der Waals surface area contributed by atoms with Crippen LogP contribution in [0.5, 0.6) is 11.5 Å². The standard InChI is InChI=1S/C18H20O3/c1-3-17(13-7-5-9-15(19)11-13)18(4-2,21-17)14-8-6-10-16(20)12-14/h5-12,19-20H,3-4H2,1-2H3/t17-,18-/m1/s1. The minimum Gasteiger partial charge on any atom is -0.508 e. The Balaban J connectivity index is 2.10. The van der Waals surface area contributed by atoms with Gasteiger partial charge in [-0.05, 0) is 48.2 Å². The lowest BCUT2D eigenvalue weighted by molar-refractivity contribution is 0.255. The molecule has 0 radical (unpaired) electrons. The van der Waals surface area contributed by atoms with Gasteiger partial charge in [-0.1, -0.05) is 38.1 Å². The highest BCUT2D eigenvalue weighted by Crippen LogP contribution is 2.66.